The van der Waals surface area contributed by atoms with Crippen molar-refractivity contribution in [3.8, 4) is 0 Å². The van der Waals surface area contributed by atoms with Crippen LogP contribution in [0.15, 0.2) is 30.3 Å². The van der Waals surface area contributed by atoms with Gasteiger partial charge in [0, 0.05) is 7.05 Å². The van der Waals surface area contributed by atoms with Crippen LogP contribution < -0.4 is 11.1 Å². The maximum atomic E-state index is 6.19. The van der Waals surface area contributed by atoms with Crippen molar-refractivity contribution in [3.05, 3.63) is 41.6 Å². The predicted molar refractivity (Wildman–Crippen MR) is 80.2 cm³/mol. The molecule has 0 aliphatic rings. The first-order valence-corrected chi connectivity index (χ1v) is 6.64. The van der Waals surface area contributed by atoms with Gasteiger partial charge < -0.3 is 11.1 Å². The fourth-order valence-corrected chi connectivity index (χ4v) is 2.19. The van der Waals surface area contributed by atoms with Crippen molar-refractivity contribution in [1.29, 1.82) is 0 Å². The smallest absolute Gasteiger partial charge is 0.148 e. The van der Waals surface area contributed by atoms with Crippen molar-refractivity contribution in [2.45, 2.75) is 32.7 Å². The Balaban J connectivity index is 2.24. The second-order valence-electron chi connectivity index (χ2n) is 5.20. The highest BCUT2D eigenvalue weighted by Crippen LogP contribution is 2.30. The number of aryl methyl sites for hydroxylation is 1. The van der Waals surface area contributed by atoms with Gasteiger partial charge in [-0.05, 0) is 18.4 Å². The highest BCUT2D eigenvalue weighted by Gasteiger charge is 2.17. The van der Waals surface area contributed by atoms with Gasteiger partial charge in [0.1, 0.15) is 5.82 Å². The Hall–Kier alpha value is -1.97. The number of benzene rings is 1. The SMILES string of the molecule is CC(C)c1nn(C)c(NC(C)c2ccccc2)c1N. The molecule has 102 valence electrons. The first-order chi connectivity index (χ1) is 9.00. The summed E-state index contributed by atoms with van der Waals surface area (Å²) in [7, 11) is 1.92. The van der Waals surface area contributed by atoms with E-state index in [0.29, 0.717) is 5.92 Å². The van der Waals surface area contributed by atoms with Gasteiger partial charge in [-0.3, -0.25) is 4.68 Å². The van der Waals surface area contributed by atoms with Crippen molar-refractivity contribution >= 4 is 11.5 Å². The molecule has 19 heavy (non-hydrogen) atoms. The molecule has 0 spiro atoms. The molecule has 1 unspecified atom stereocenters. The monoisotopic (exact) mass is 258 g/mol. The largest absolute Gasteiger partial charge is 0.394 e. The van der Waals surface area contributed by atoms with Crippen LogP contribution >= 0.6 is 0 Å². The number of nitrogens with two attached hydrogens (primary N) is 1. The number of nitrogen functional groups attached to an aromatic ring is 1. The number of aromatic nitrogens is 2. The van der Waals surface area contributed by atoms with Gasteiger partial charge in [0.2, 0.25) is 0 Å². The fourth-order valence-electron chi connectivity index (χ4n) is 2.19. The van der Waals surface area contributed by atoms with Crippen LogP contribution in [0.25, 0.3) is 0 Å². The number of anilines is 2. The molecule has 0 aliphatic carbocycles. The normalized spacial score (nSPS) is 12.7. The standard InChI is InChI=1S/C15H22N4/c1-10(2)14-13(16)15(19(4)18-14)17-11(3)12-8-6-5-7-9-12/h5-11,17H,16H2,1-4H3. The zero-order valence-electron chi connectivity index (χ0n) is 12.0. The Labute approximate surface area is 114 Å². The Bertz CT molecular complexity index is 543. The minimum Gasteiger partial charge on any atom is -0.394 e. The van der Waals surface area contributed by atoms with E-state index >= 15 is 0 Å². The molecule has 2 rings (SSSR count). The molecule has 0 saturated carbocycles. The molecule has 4 nitrogen and oxygen atoms in total. The average Bonchev–Trinajstić information content (AvgIpc) is 2.68. The molecule has 0 saturated heterocycles. The molecule has 3 N–H and O–H groups in total. The summed E-state index contributed by atoms with van der Waals surface area (Å²) >= 11 is 0. The summed E-state index contributed by atoms with van der Waals surface area (Å²) in [5.74, 6) is 1.22. The summed E-state index contributed by atoms with van der Waals surface area (Å²) in [5.41, 5.74) is 9.12. The zero-order valence-corrected chi connectivity index (χ0v) is 12.0. The summed E-state index contributed by atoms with van der Waals surface area (Å²) in [6, 6.07) is 10.5. The van der Waals surface area contributed by atoms with Gasteiger partial charge in [0.05, 0.1) is 17.4 Å². The maximum Gasteiger partial charge on any atom is 0.148 e. The van der Waals surface area contributed by atoms with Crippen molar-refractivity contribution in [3.63, 3.8) is 0 Å². The number of hydrogen-bond acceptors (Lipinski definition) is 3. The molecule has 2 aromatic rings. The summed E-state index contributed by atoms with van der Waals surface area (Å²) < 4.78 is 1.82. The highest BCUT2D eigenvalue weighted by molar-refractivity contribution is 5.66. The van der Waals surface area contributed by atoms with Crippen molar-refractivity contribution in [2.24, 2.45) is 7.05 Å². The molecule has 1 aromatic carbocycles. The molecule has 0 aliphatic heterocycles. The number of nitrogens with one attached hydrogen (secondary N) is 1. The van der Waals surface area contributed by atoms with Crippen LogP contribution in [0.1, 0.15) is 44.0 Å². The van der Waals surface area contributed by atoms with Crippen LogP contribution in [0.3, 0.4) is 0 Å². The second kappa shape index (κ2) is 5.34. The molecule has 0 bridgehead atoms. The van der Waals surface area contributed by atoms with E-state index in [2.05, 4.69) is 43.3 Å². The molecular formula is C15H22N4. The van der Waals surface area contributed by atoms with E-state index < -0.39 is 0 Å². The lowest BCUT2D eigenvalue weighted by Gasteiger charge is -2.16. The van der Waals surface area contributed by atoms with Crippen LogP contribution in [-0.2, 0) is 7.05 Å². The Kier molecular flexibility index (Phi) is 3.79. The summed E-state index contributed by atoms with van der Waals surface area (Å²) in [6.45, 7) is 6.32. The first kappa shape index (κ1) is 13.5. The number of rotatable bonds is 4. The van der Waals surface area contributed by atoms with Crippen LogP contribution in [0, 0.1) is 0 Å². The van der Waals surface area contributed by atoms with E-state index in [1.54, 1.807) is 0 Å². The van der Waals surface area contributed by atoms with E-state index in [1.165, 1.54) is 5.56 Å². The number of hydrogen-bond donors (Lipinski definition) is 2. The molecule has 0 radical (unpaired) electrons. The van der Waals surface area contributed by atoms with Crippen molar-refractivity contribution < 1.29 is 0 Å². The Morgan fingerprint density at radius 2 is 1.79 bits per heavy atom. The van der Waals surface area contributed by atoms with Crippen molar-refractivity contribution in [1.82, 2.24) is 9.78 Å². The van der Waals surface area contributed by atoms with Gasteiger partial charge in [0.25, 0.3) is 0 Å². The molecule has 1 heterocycles. The molecule has 0 amide bonds. The summed E-state index contributed by atoms with van der Waals surface area (Å²) in [6.07, 6.45) is 0. The van der Waals surface area contributed by atoms with Gasteiger partial charge in [-0.2, -0.15) is 5.10 Å². The lowest BCUT2D eigenvalue weighted by atomic mass is 10.1. The van der Waals surface area contributed by atoms with E-state index in [4.69, 9.17) is 5.73 Å². The topological polar surface area (TPSA) is 55.9 Å². The summed E-state index contributed by atoms with van der Waals surface area (Å²) in [4.78, 5) is 0. The fraction of sp³-hybridized carbons (Fsp3) is 0.400. The lowest BCUT2D eigenvalue weighted by Crippen LogP contribution is -2.11. The Morgan fingerprint density at radius 3 is 2.32 bits per heavy atom. The molecule has 4 heteroatoms. The number of nitrogens with zero attached hydrogens (tertiary/aromatic N) is 2. The van der Waals surface area contributed by atoms with E-state index in [-0.39, 0.29) is 6.04 Å². The third kappa shape index (κ3) is 2.72. The average molecular weight is 258 g/mol. The molecule has 0 fully saturated rings. The third-order valence-corrected chi connectivity index (χ3v) is 3.31. The second-order valence-corrected chi connectivity index (χ2v) is 5.20. The van der Waals surface area contributed by atoms with Crippen LogP contribution in [0.5, 0.6) is 0 Å². The first-order valence-electron chi connectivity index (χ1n) is 6.64. The van der Waals surface area contributed by atoms with E-state index in [0.717, 1.165) is 17.2 Å². The van der Waals surface area contributed by atoms with Crippen LogP contribution in [-0.4, -0.2) is 9.78 Å². The predicted octanol–water partition coefficient (Wildman–Crippen LogP) is 3.30. The maximum absolute atomic E-state index is 6.19. The molecular weight excluding hydrogens is 236 g/mol. The Morgan fingerprint density at radius 1 is 1.16 bits per heavy atom. The minimum atomic E-state index is 0.193. The van der Waals surface area contributed by atoms with Gasteiger partial charge in [-0.1, -0.05) is 44.2 Å². The van der Waals surface area contributed by atoms with Gasteiger partial charge in [0.15, 0.2) is 0 Å². The van der Waals surface area contributed by atoms with Gasteiger partial charge in [-0.25, -0.2) is 0 Å². The third-order valence-electron chi connectivity index (χ3n) is 3.31. The van der Waals surface area contributed by atoms with E-state index in [9.17, 15) is 0 Å². The van der Waals surface area contributed by atoms with Crippen LogP contribution in [0.2, 0.25) is 0 Å². The highest BCUT2D eigenvalue weighted by atomic mass is 15.3. The van der Waals surface area contributed by atoms with Gasteiger partial charge >= 0.3 is 0 Å². The summed E-state index contributed by atoms with van der Waals surface area (Å²) in [5, 5.41) is 7.93. The van der Waals surface area contributed by atoms with E-state index in [1.807, 2.05) is 29.9 Å². The quantitative estimate of drug-likeness (QED) is 0.884. The van der Waals surface area contributed by atoms with Crippen molar-refractivity contribution in [2.75, 3.05) is 11.1 Å². The zero-order chi connectivity index (χ0) is 14.0. The molecule has 1 atom stereocenters. The molecule has 1 aromatic heterocycles. The lowest BCUT2D eigenvalue weighted by molar-refractivity contribution is 0.708. The van der Waals surface area contributed by atoms with Crippen LogP contribution in [0.4, 0.5) is 11.5 Å². The van der Waals surface area contributed by atoms with Gasteiger partial charge in [-0.15, -0.1) is 0 Å². The minimum absolute atomic E-state index is 0.193.